The Morgan fingerprint density at radius 2 is 2.00 bits per heavy atom. The van der Waals surface area contributed by atoms with Gasteiger partial charge in [-0.2, -0.15) is 10.9 Å². The first-order valence-electron chi connectivity index (χ1n) is 3.64. The second-order valence-electron chi connectivity index (χ2n) is 2.65. The number of aromatic amines is 1. The Morgan fingerprint density at radius 3 is 2.55 bits per heavy atom. The highest BCUT2D eigenvalue weighted by molar-refractivity contribution is 8.22. The van der Waals surface area contributed by atoms with Crippen LogP contribution in [0.4, 0.5) is 0 Å². The molecule has 0 bridgehead atoms. The van der Waals surface area contributed by atoms with Crippen molar-refractivity contribution in [3.05, 3.63) is 40.8 Å². The maximum Gasteiger partial charge on any atom is 0.0596 e. The zero-order chi connectivity index (χ0) is 7.68. The molecule has 1 N–H and O–H groups in total. The van der Waals surface area contributed by atoms with E-state index in [4.69, 9.17) is 0 Å². The molecule has 1 aliphatic heterocycles. The highest BCUT2D eigenvalue weighted by atomic mass is 32.2. The molecule has 0 aliphatic carbocycles. The van der Waals surface area contributed by atoms with Crippen molar-refractivity contribution in [1.82, 2.24) is 4.98 Å². The second-order valence-corrected chi connectivity index (χ2v) is 4.55. The quantitative estimate of drug-likeness (QED) is 0.595. The lowest BCUT2D eigenvalue weighted by molar-refractivity contribution is 1.20. The molecule has 0 spiro atoms. The molecule has 2 heteroatoms. The maximum atomic E-state index is 3.27. The molecule has 0 atom stereocenters. The van der Waals surface area contributed by atoms with E-state index in [2.05, 4.69) is 47.1 Å². The largest absolute Gasteiger partial charge is 0.357 e. The fourth-order valence-electron chi connectivity index (χ4n) is 1.13. The van der Waals surface area contributed by atoms with Gasteiger partial charge in [0.2, 0.25) is 0 Å². The Hall–Kier alpha value is -0.890. The molecule has 1 aliphatic rings. The molecule has 0 unspecified atom stereocenters. The number of H-pyrrole nitrogens is 1. The average molecular weight is 165 g/mol. The average Bonchev–Trinajstić information content (AvgIpc) is 2.55. The van der Waals surface area contributed by atoms with E-state index in [9.17, 15) is 0 Å². The summed E-state index contributed by atoms with van der Waals surface area (Å²) in [6.07, 6.45) is 6.28. The van der Waals surface area contributed by atoms with Gasteiger partial charge in [-0.25, -0.2) is 0 Å². The molecule has 0 saturated carbocycles. The predicted octanol–water partition coefficient (Wildman–Crippen LogP) is 2.72. The smallest absolute Gasteiger partial charge is 0.0596 e. The number of rotatable bonds is 1. The van der Waals surface area contributed by atoms with Gasteiger partial charge in [0, 0.05) is 6.20 Å². The Kier molecular flexibility index (Phi) is 1.62. The lowest BCUT2D eigenvalue weighted by Gasteiger charge is -2.05. The van der Waals surface area contributed by atoms with E-state index < -0.39 is 0 Å². The van der Waals surface area contributed by atoms with Gasteiger partial charge in [-0.15, -0.1) is 0 Å². The number of aryl methyl sites for hydroxylation is 1. The molecule has 2 rings (SSSR count). The minimum absolute atomic E-state index is 0.136. The van der Waals surface area contributed by atoms with Gasteiger partial charge >= 0.3 is 0 Å². The van der Waals surface area contributed by atoms with Crippen molar-refractivity contribution in [2.75, 3.05) is 0 Å². The lowest BCUT2D eigenvalue weighted by atomic mass is 10.4. The zero-order valence-corrected chi connectivity index (χ0v) is 7.31. The van der Waals surface area contributed by atoms with Crippen LogP contribution in [0.5, 0.6) is 0 Å². The van der Waals surface area contributed by atoms with Gasteiger partial charge in [0.05, 0.1) is 5.03 Å². The van der Waals surface area contributed by atoms with Gasteiger partial charge in [0.15, 0.2) is 0 Å². The molecular formula is C9H11NS. The van der Waals surface area contributed by atoms with Crippen LogP contribution in [-0.2, 0) is 0 Å². The minimum atomic E-state index is -0.136. The van der Waals surface area contributed by atoms with Gasteiger partial charge in [0.1, 0.15) is 0 Å². The van der Waals surface area contributed by atoms with E-state index >= 15 is 0 Å². The van der Waals surface area contributed by atoms with Crippen molar-refractivity contribution in [1.29, 1.82) is 0 Å². The van der Waals surface area contributed by atoms with Crippen molar-refractivity contribution in [3.63, 3.8) is 0 Å². The highest BCUT2D eigenvalue weighted by Crippen LogP contribution is 2.40. The Labute approximate surface area is 69.2 Å². The molecular weight excluding hydrogens is 154 g/mol. The second kappa shape index (κ2) is 2.62. The van der Waals surface area contributed by atoms with Crippen molar-refractivity contribution in [3.8, 4) is 0 Å². The third-order valence-corrected chi connectivity index (χ3v) is 3.50. The fourth-order valence-corrected chi connectivity index (χ4v) is 2.69. The third kappa shape index (κ3) is 1.26. The summed E-state index contributed by atoms with van der Waals surface area (Å²) in [5.41, 5.74) is 1.32. The fraction of sp³-hybridized carbons (Fsp3) is 0.111. The number of thiol groups is 1. The van der Waals surface area contributed by atoms with Crippen LogP contribution in [0.1, 0.15) is 5.56 Å². The number of aromatic nitrogens is 1. The summed E-state index contributed by atoms with van der Waals surface area (Å²) in [7, 11) is -0.136. The Balaban J connectivity index is 2.29. The normalized spacial score (nSPS) is 18.1. The first-order valence-corrected chi connectivity index (χ1v) is 5.12. The van der Waals surface area contributed by atoms with Gasteiger partial charge in [-0.1, -0.05) is 12.2 Å². The minimum Gasteiger partial charge on any atom is -0.357 e. The maximum absolute atomic E-state index is 3.27. The summed E-state index contributed by atoms with van der Waals surface area (Å²) >= 11 is 0. The van der Waals surface area contributed by atoms with Gasteiger partial charge in [-0.05, 0) is 29.4 Å². The molecule has 1 nitrogen and oxygen atoms in total. The van der Waals surface area contributed by atoms with Gasteiger partial charge < -0.3 is 4.98 Å². The first kappa shape index (κ1) is 6.80. The molecule has 58 valence electrons. The molecule has 0 fully saturated rings. The SMILES string of the molecule is Cc1c[nH]c([SH]2C=CC=C2)c1. The zero-order valence-electron chi connectivity index (χ0n) is 6.41. The van der Waals surface area contributed by atoms with Crippen molar-refractivity contribution in [2.24, 2.45) is 0 Å². The summed E-state index contributed by atoms with van der Waals surface area (Å²) in [4.78, 5) is 3.27. The summed E-state index contributed by atoms with van der Waals surface area (Å²) in [6, 6.07) is 2.21. The van der Waals surface area contributed by atoms with Crippen LogP contribution < -0.4 is 0 Å². The molecule has 1 aromatic heterocycles. The molecule has 0 radical (unpaired) electrons. The molecule has 1 aromatic rings. The number of allylic oxidation sites excluding steroid dienone is 2. The number of nitrogens with one attached hydrogen (secondary N) is 1. The number of hydrogen-bond acceptors (Lipinski definition) is 0. The van der Waals surface area contributed by atoms with Crippen LogP contribution >= 0.6 is 10.9 Å². The molecule has 0 aromatic carbocycles. The Morgan fingerprint density at radius 1 is 1.27 bits per heavy atom. The topological polar surface area (TPSA) is 15.8 Å². The van der Waals surface area contributed by atoms with E-state index in [0.29, 0.717) is 0 Å². The van der Waals surface area contributed by atoms with Crippen molar-refractivity contribution >= 4 is 10.9 Å². The standard InChI is InChI=1S/C9H11NS/c1-8-6-9(10-7-8)11-4-2-3-5-11/h2-7,10-11H,1H3. The van der Waals surface area contributed by atoms with E-state index in [1.807, 2.05) is 0 Å². The third-order valence-electron chi connectivity index (χ3n) is 1.69. The van der Waals surface area contributed by atoms with Crippen LogP contribution in [0.15, 0.2) is 40.3 Å². The van der Waals surface area contributed by atoms with Crippen molar-refractivity contribution in [2.45, 2.75) is 11.9 Å². The van der Waals surface area contributed by atoms with Crippen LogP contribution in [0.3, 0.4) is 0 Å². The van der Waals surface area contributed by atoms with E-state index in [0.717, 1.165) is 0 Å². The Bertz CT molecular complexity index is 297. The molecule has 11 heavy (non-hydrogen) atoms. The van der Waals surface area contributed by atoms with Gasteiger partial charge in [0.25, 0.3) is 0 Å². The van der Waals surface area contributed by atoms with Crippen LogP contribution in [-0.4, -0.2) is 4.98 Å². The van der Waals surface area contributed by atoms with Crippen molar-refractivity contribution < 1.29 is 0 Å². The van der Waals surface area contributed by atoms with Crippen LogP contribution in [0.25, 0.3) is 0 Å². The lowest BCUT2D eigenvalue weighted by Crippen LogP contribution is -1.70. The number of hydrogen-bond donors (Lipinski definition) is 2. The van der Waals surface area contributed by atoms with E-state index in [1.54, 1.807) is 0 Å². The summed E-state index contributed by atoms with van der Waals surface area (Å²) in [6.45, 7) is 2.11. The van der Waals surface area contributed by atoms with Crippen LogP contribution in [0.2, 0.25) is 0 Å². The monoisotopic (exact) mass is 165 g/mol. The summed E-state index contributed by atoms with van der Waals surface area (Å²) in [5, 5.41) is 5.85. The molecule has 0 amide bonds. The highest BCUT2D eigenvalue weighted by Gasteiger charge is 2.03. The van der Waals surface area contributed by atoms with Gasteiger partial charge in [-0.3, -0.25) is 0 Å². The molecule has 2 heterocycles. The first-order chi connectivity index (χ1) is 5.36. The van der Waals surface area contributed by atoms with E-state index in [-0.39, 0.29) is 10.9 Å². The molecule has 0 saturated heterocycles. The van der Waals surface area contributed by atoms with Crippen LogP contribution in [0, 0.1) is 6.92 Å². The predicted molar refractivity (Wildman–Crippen MR) is 51.1 cm³/mol. The summed E-state index contributed by atoms with van der Waals surface area (Å²) < 4.78 is 0. The van der Waals surface area contributed by atoms with E-state index in [1.165, 1.54) is 10.6 Å². The summed E-state index contributed by atoms with van der Waals surface area (Å²) in [5.74, 6) is 0.